The molecule has 0 aromatic heterocycles. The molecular weight excluding hydrogens is 316 g/mol. The van der Waals surface area contributed by atoms with Crippen LogP contribution in [0.15, 0.2) is 28.7 Å². The first-order valence-corrected chi connectivity index (χ1v) is 8.21. The fourth-order valence-corrected chi connectivity index (χ4v) is 2.99. The van der Waals surface area contributed by atoms with Gasteiger partial charge in [0.25, 0.3) is 0 Å². The molecule has 0 saturated carbocycles. The van der Waals surface area contributed by atoms with E-state index in [1.807, 2.05) is 24.3 Å². The summed E-state index contributed by atoms with van der Waals surface area (Å²) < 4.78 is 6.93. The van der Waals surface area contributed by atoms with Crippen LogP contribution in [0.25, 0.3) is 0 Å². The predicted octanol–water partition coefficient (Wildman–Crippen LogP) is 3.15. The standard InChI is InChI=1S/C16H25BrN2O/c1-12(2)16-10-18-13(3)11-19(16)8-9-20-15-6-4-14(17)5-7-15/h4-7,12-13,16,18H,8-11H2,1-3H3. The van der Waals surface area contributed by atoms with E-state index < -0.39 is 0 Å². The van der Waals surface area contributed by atoms with E-state index >= 15 is 0 Å². The topological polar surface area (TPSA) is 24.5 Å². The molecule has 0 amide bonds. The summed E-state index contributed by atoms with van der Waals surface area (Å²) in [6.07, 6.45) is 0. The smallest absolute Gasteiger partial charge is 0.119 e. The summed E-state index contributed by atoms with van der Waals surface area (Å²) in [5, 5.41) is 3.57. The van der Waals surface area contributed by atoms with Crippen LogP contribution in [0.1, 0.15) is 20.8 Å². The molecule has 2 rings (SSSR count). The Bertz CT molecular complexity index is 407. The second-order valence-electron chi connectivity index (χ2n) is 5.92. The number of halogens is 1. The van der Waals surface area contributed by atoms with Crippen molar-refractivity contribution < 1.29 is 4.74 Å². The fraction of sp³-hybridized carbons (Fsp3) is 0.625. The highest BCUT2D eigenvalue weighted by atomic mass is 79.9. The predicted molar refractivity (Wildman–Crippen MR) is 87.3 cm³/mol. The minimum Gasteiger partial charge on any atom is -0.492 e. The van der Waals surface area contributed by atoms with Gasteiger partial charge in [-0.15, -0.1) is 0 Å². The number of nitrogens with one attached hydrogen (secondary N) is 1. The molecule has 0 spiro atoms. The third-order valence-electron chi connectivity index (χ3n) is 3.88. The second-order valence-corrected chi connectivity index (χ2v) is 6.83. The summed E-state index contributed by atoms with van der Waals surface area (Å²) in [5.74, 6) is 1.61. The number of hydrogen-bond donors (Lipinski definition) is 1. The van der Waals surface area contributed by atoms with Crippen LogP contribution < -0.4 is 10.1 Å². The summed E-state index contributed by atoms with van der Waals surface area (Å²) in [6.45, 7) is 10.8. The van der Waals surface area contributed by atoms with Crippen molar-refractivity contribution in [3.8, 4) is 5.75 Å². The lowest BCUT2D eigenvalue weighted by Crippen LogP contribution is -2.58. The zero-order valence-electron chi connectivity index (χ0n) is 12.6. The lowest BCUT2D eigenvalue weighted by molar-refractivity contribution is 0.0864. The molecule has 1 saturated heterocycles. The molecule has 1 aliphatic heterocycles. The van der Waals surface area contributed by atoms with Crippen LogP contribution in [-0.4, -0.2) is 43.2 Å². The average molecular weight is 341 g/mol. The van der Waals surface area contributed by atoms with Gasteiger partial charge in [0.1, 0.15) is 12.4 Å². The van der Waals surface area contributed by atoms with Gasteiger partial charge in [-0.05, 0) is 37.1 Å². The van der Waals surface area contributed by atoms with Crippen LogP contribution in [-0.2, 0) is 0 Å². The number of benzene rings is 1. The van der Waals surface area contributed by atoms with Gasteiger partial charge in [-0.2, -0.15) is 0 Å². The van der Waals surface area contributed by atoms with Gasteiger partial charge in [-0.25, -0.2) is 0 Å². The molecular formula is C16H25BrN2O. The Hall–Kier alpha value is -0.580. The summed E-state index contributed by atoms with van der Waals surface area (Å²) >= 11 is 3.44. The molecule has 0 bridgehead atoms. The van der Waals surface area contributed by atoms with E-state index in [-0.39, 0.29) is 0 Å². The van der Waals surface area contributed by atoms with Crippen molar-refractivity contribution in [3.63, 3.8) is 0 Å². The lowest BCUT2D eigenvalue weighted by atomic mass is 9.99. The van der Waals surface area contributed by atoms with E-state index in [1.165, 1.54) is 0 Å². The van der Waals surface area contributed by atoms with E-state index in [0.717, 1.165) is 36.5 Å². The molecule has 20 heavy (non-hydrogen) atoms. The van der Waals surface area contributed by atoms with Crippen molar-refractivity contribution >= 4 is 15.9 Å². The molecule has 1 N–H and O–H groups in total. The molecule has 1 fully saturated rings. The molecule has 1 aromatic rings. The van der Waals surface area contributed by atoms with Crippen LogP contribution in [0.2, 0.25) is 0 Å². The first kappa shape index (κ1) is 15.8. The first-order chi connectivity index (χ1) is 9.56. The Labute approximate surface area is 130 Å². The van der Waals surface area contributed by atoms with Gasteiger partial charge in [-0.3, -0.25) is 4.90 Å². The monoisotopic (exact) mass is 340 g/mol. The second kappa shape index (κ2) is 7.43. The Balaban J connectivity index is 1.83. The highest BCUT2D eigenvalue weighted by molar-refractivity contribution is 9.10. The number of rotatable bonds is 5. The molecule has 4 heteroatoms. The third kappa shape index (κ3) is 4.47. The van der Waals surface area contributed by atoms with E-state index in [2.05, 4.69) is 46.9 Å². The molecule has 1 heterocycles. The average Bonchev–Trinajstić information content (AvgIpc) is 2.41. The zero-order valence-corrected chi connectivity index (χ0v) is 14.2. The van der Waals surface area contributed by atoms with Crippen molar-refractivity contribution in [3.05, 3.63) is 28.7 Å². The SMILES string of the molecule is CC1CN(CCOc2ccc(Br)cc2)C(C(C)C)CN1. The van der Waals surface area contributed by atoms with Crippen molar-refractivity contribution in [1.29, 1.82) is 0 Å². The summed E-state index contributed by atoms with van der Waals surface area (Å²) in [7, 11) is 0. The van der Waals surface area contributed by atoms with Crippen LogP contribution in [0.4, 0.5) is 0 Å². The molecule has 2 atom stereocenters. The molecule has 2 unspecified atom stereocenters. The van der Waals surface area contributed by atoms with Crippen LogP contribution in [0, 0.1) is 5.92 Å². The molecule has 3 nitrogen and oxygen atoms in total. The molecule has 1 aromatic carbocycles. The summed E-state index contributed by atoms with van der Waals surface area (Å²) in [4.78, 5) is 2.56. The fourth-order valence-electron chi connectivity index (χ4n) is 2.73. The maximum Gasteiger partial charge on any atom is 0.119 e. The van der Waals surface area contributed by atoms with E-state index in [9.17, 15) is 0 Å². The summed E-state index contributed by atoms with van der Waals surface area (Å²) in [5.41, 5.74) is 0. The van der Waals surface area contributed by atoms with Gasteiger partial charge in [0.2, 0.25) is 0 Å². The lowest BCUT2D eigenvalue weighted by Gasteiger charge is -2.41. The Morgan fingerprint density at radius 1 is 1.35 bits per heavy atom. The summed E-state index contributed by atoms with van der Waals surface area (Å²) in [6, 6.07) is 9.21. The normalized spacial score (nSPS) is 24.1. The van der Waals surface area contributed by atoms with Crippen molar-refractivity contribution in [2.24, 2.45) is 5.92 Å². The van der Waals surface area contributed by atoms with Gasteiger partial charge in [0, 0.05) is 36.2 Å². The highest BCUT2D eigenvalue weighted by Crippen LogP contribution is 2.17. The van der Waals surface area contributed by atoms with Gasteiger partial charge < -0.3 is 10.1 Å². The Morgan fingerprint density at radius 3 is 2.70 bits per heavy atom. The largest absolute Gasteiger partial charge is 0.492 e. The van der Waals surface area contributed by atoms with E-state index in [1.54, 1.807) is 0 Å². The molecule has 0 radical (unpaired) electrons. The van der Waals surface area contributed by atoms with E-state index in [4.69, 9.17) is 4.74 Å². The van der Waals surface area contributed by atoms with Crippen LogP contribution >= 0.6 is 15.9 Å². The van der Waals surface area contributed by atoms with Gasteiger partial charge in [-0.1, -0.05) is 29.8 Å². The minimum absolute atomic E-state index is 0.567. The molecule has 112 valence electrons. The quantitative estimate of drug-likeness (QED) is 0.891. The Morgan fingerprint density at radius 2 is 2.05 bits per heavy atom. The number of hydrogen-bond acceptors (Lipinski definition) is 3. The third-order valence-corrected chi connectivity index (χ3v) is 4.41. The maximum atomic E-state index is 5.84. The first-order valence-electron chi connectivity index (χ1n) is 7.42. The number of ether oxygens (including phenoxy) is 1. The van der Waals surface area contributed by atoms with E-state index in [0.29, 0.717) is 18.0 Å². The van der Waals surface area contributed by atoms with Crippen LogP contribution in [0.3, 0.4) is 0 Å². The maximum absolute atomic E-state index is 5.84. The minimum atomic E-state index is 0.567. The molecule has 0 aliphatic carbocycles. The zero-order chi connectivity index (χ0) is 14.5. The van der Waals surface area contributed by atoms with Gasteiger partial charge >= 0.3 is 0 Å². The van der Waals surface area contributed by atoms with Crippen molar-refractivity contribution in [2.45, 2.75) is 32.9 Å². The van der Waals surface area contributed by atoms with Crippen LogP contribution in [0.5, 0.6) is 5.75 Å². The van der Waals surface area contributed by atoms with Crippen molar-refractivity contribution in [1.82, 2.24) is 10.2 Å². The number of piperazine rings is 1. The van der Waals surface area contributed by atoms with Crippen molar-refractivity contribution in [2.75, 3.05) is 26.2 Å². The molecule has 1 aliphatic rings. The highest BCUT2D eigenvalue weighted by Gasteiger charge is 2.27. The number of nitrogens with zero attached hydrogens (tertiary/aromatic N) is 1. The Kier molecular flexibility index (Phi) is 5.87. The van der Waals surface area contributed by atoms with Gasteiger partial charge in [0.05, 0.1) is 0 Å². The van der Waals surface area contributed by atoms with Gasteiger partial charge in [0.15, 0.2) is 0 Å².